The molecule has 0 bridgehead atoms. The summed E-state index contributed by atoms with van der Waals surface area (Å²) in [4.78, 5) is 4.76. The molecule has 0 aliphatic rings. The van der Waals surface area contributed by atoms with Crippen LogP contribution in [0.2, 0.25) is 0 Å². The number of hydrogen-bond donors (Lipinski definition) is 0. The first-order valence-corrected chi connectivity index (χ1v) is 8.35. The molecule has 21 heavy (non-hydrogen) atoms. The van der Waals surface area contributed by atoms with Gasteiger partial charge in [0.15, 0.2) is 0 Å². The lowest BCUT2D eigenvalue weighted by Crippen LogP contribution is -1.85. The molecule has 0 N–H and O–H groups in total. The van der Waals surface area contributed by atoms with Crippen LogP contribution in [-0.2, 0) is 6.42 Å². The smallest absolute Gasteiger partial charge is 0.124 e. The largest absolute Gasteiger partial charge is 0.236 e. The van der Waals surface area contributed by atoms with Crippen molar-refractivity contribution in [2.24, 2.45) is 0 Å². The lowest BCUT2D eigenvalue weighted by atomic mass is 10.1. The summed E-state index contributed by atoms with van der Waals surface area (Å²) in [5.74, 6) is 0. The molecular formula is C19H19NS. The highest BCUT2D eigenvalue weighted by Crippen LogP contribution is 2.29. The summed E-state index contributed by atoms with van der Waals surface area (Å²) < 4.78 is 0. The molecule has 0 aliphatic heterocycles. The third kappa shape index (κ3) is 3.40. The zero-order chi connectivity index (χ0) is 14.5. The number of hydrogen-bond acceptors (Lipinski definition) is 2. The molecule has 0 radical (unpaired) electrons. The molecule has 1 heterocycles. The van der Waals surface area contributed by atoms with Crippen LogP contribution in [0.15, 0.2) is 60.0 Å². The second-order valence-electron chi connectivity index (χ2n) is 5.20. The maximum Gasteiger partial charge on any atom is 0.124 e. The highest BCUT2D eigenvalue weighted by atomic mass is 32.1. The van der Waals surface area contributed by atoms with Crippen LogP contribution >= 0.6 is 11.3 Å². The first-order chi connectivity index (χ1) is 10.4. The summed E-state index contributed by atoms with van der Waals surface area (Å²) in [6, 6.07) is 19.2. The van der Waals surface area contributed by atoms with Gasteiger partial charge in [0.1, 0.15) is 5.01 Å². The fraction of sp³-hybridized carbons (Fsp3) is 0.211. The Balaban J connectivity index is 1.80. The molecule has 3 rings (SSSR count). The maximum atomic E-state index is 4.76. The van der Waals surface area contributed by atoms with Crippen LogP contribution in [0.3, 0.4) is 0 Å². The molecule has 0 aliphatic carbocycles. The van der Waals surface area contributed by atoms with E-state index in [0.29, 0.717) is 0 Å². The Morgan fingerprint density at radius 3 is 2.38 bits per heavy atom. The van der Waals surface area contributed by atoms with Crippen LogP contribution in [0, 0.1) is 0 Å². The van der Waals surface area contributed by atoms with Gasteiger partial charge in [-0.3, -0.25) is 0 Å². The third-order valence-electron chi connectivity index (χ3n) is 3.59. The average molecular weight is 293 g/mol. The summed E-state index contributed by atoms with van der Waals surface area (Å²) in [5.41, 5.74) is 4.87. The van der Waals surface area contributed by atoms with Crippen molar-refractivity contribution in [1.82, 2.24) is 4.98 Å². The second kappa shape index (κ2) is 6.68. The van der Waals surface area contributed by atoms with Gasteiger partial charge >= 0.3 is 0 Å². The summed E-state index contributed by atoms with van der Waals surface area (Å²) in [6.07, 6.45) is 3.67. The fourth-order valence-electron chi connectivity index (χ4n) is 2.34. The molecule has 0 unspecified atom stereocenters. The number of unbranched alkanes of at least 4 members (excludes halogenated alkanes) is 1. The number of benzene rings is 2. The Morgan fingerprint density at radius 1 is 0.905 bits per heavy atom. The molecule has 106 valence electrons. The average Bonchev–Trinajstić information content (AvgIpc) is 3.04. The van der Waals surface area contributed by atoms with Gasteiger partial charge in [-0.05, 0) is 18.4 Å². The van der Waals surface area contributed by atoms with Gasteiger partial charge < -0.3 is 0 Å². The molecule has 0 spiro atoms. The van der Waals surface area contributed by atoms with E-state index in [-0.39, 0.29) is 0 Å². The molecular weight excluding hydrogens is 274 g/mol. The third-order valence-corrected chi connectivity index (χ3v) is 4.48. The van der Waals surface area contributed by atoms with E-state index in [0.717, 1.165) is 10.7 Å². The van der Waals surface area contributed by atoms with Gasteiger partial charge in [-0.1, -0.05) is 67.9 Å². The van der Waals surface area contributed by atoms with Crippen molar-refractivity contribution in [2.45, 2.75) is 26.2 Å². The van der Waals surface area contributed by atoms with Crippen molar-refractivity contribution in [3.05, 3.63) is 65.5 Å². The van der Waals surface area contributed by atoms with E-state index in [1.165, 1.54) is 36.0 Å². The molecule has 0 amide bonds. The lowest BCUT2D eigenvalue weighted by Gasteiger charge is -2.01. The minimum Gasteiger partial charge on any atom is -0.236 e. The van der Waals surface area contributed by atoms with Crippen molar-refractivity contribution < 1.29 is 0 Å². The summed E-state index contributed by atoms with van der Waals surface area (Å²) >= 11 is 1.71. The van der Waals surface area contributed by atoms with Gasteiger partial charge in [-0.15, -0.1) is 11.3 Å². The molecule has 0 atom stereocenters. The molecule has 2 aromatic carbocycles. The van der Waals surface area contributed by atoms with Crippen molar-refractivity contribution in [1.29, 1.82) is 0 Å². The van der Waals surface area contributed by atoms with E-state index >= 15 is 0 Å². The number of nitrogens with zero attached hydrogens (tertiary/aromatic N) is 1. The molecule has 0 saturated carbocycles. The molecule has 2 heteroatoms. The second-order valence-corrected chi connectivity index (χ2v) is 6.06. The molecule has 0 fully saturated rings. The number of aryl methyl sites for hydroxylation is 1. The van der Waals surface area contributed by atoms with Crippen LogP contribution in [0.25, 0.3) is 21.8 Å². The Hall–Kier alpha value is -1.93. The number of aromatic nitrogens is 1. The Morgan fingerprint density at radius 2 is 1.67 bits per heavy atom. The van der Waals surface area contributed by atoms with Gasteiger partial charge in [0, 0.05) is 16.5 Å². The fourth-order valence-corrected chi connectivity index (χ4v) is 3.18. The highest BCUT2D eigenvalue weighted by molar-refractivity contribution is 7.13. The Labute approximate surface area is 130 Å². The van der Waals surface area contributed by atoms with Crippen molar-refractivity contribution in [3.8, 4) is 21.8 Å². The first-order valence-electron chi connectivity index (χ1n) is 7.47. The zero-order valence-electron chi connectivity index (χ0n) is 12.3. The zero-order valence-corrected chi connectivity index (χ0v) is 13.1. The van der Waals surface area contributed by atoms with E-state index in [2.05, 4.69) is 60.8 Å². The van der Waals surface area contributed by atoms with Gasteiger partial charge in [-0.25, -0.2) is 4.98 Å². The van der Waals surface area contributed by atoms with Gasteiger partial charge in [0.05, 0.1) is 5.69 Å². The van der Waals surface area contributed by atoms with E-state index in [1.54, 1.807) is 11.3 Å². The monoisotopic (exact) mass is 293 g/mol. The van der Waals surface area contributed by atoms with Crippen molar-refractivity contribution >= 4 is 11.3 Å². The standard InChI is InChI=1S/C19H19NS/c1-2-3-7-15-10-12-17(13-11-15)19-20-18(14-21-19)16-8-5-4-6-9-16/h4-6,8-14H,2-3,7H2,1H3. The van der Waals surface area contributed by atoms with Crippen molar-refractivity contribution in [2.75, 3.05) is 0 Å². The Bertz CT molecular complexity index is 683. The summed E-state index contributed by atoms with van der Waals surface area (Å²) in [7, 11) is 0. The Kier molecular flexibility index (Phi) is 4.46. The predicted molar refractivity (Wildman–Crippen MR) is 91.6 cm³/mol. The molecule has 3 aromatic rings. The van der Waals surface area contributed by atoms with Gasteiger partial charge in [0.25, 0.3) is 0 Å². The summed E-state index contributed by atoms with van der Waals surface area (Å²) in [5, 5.41) is 3.23. The molecule has 0 saturated heterocycles. The highest BCUT2D eigenvalue weighted by Gasteiger charge is 2.06. The SMILES string of the molecule is CCCCc1ccc(-c2nc(-c3ccccc3)cs2)cc1. The van der Waals surface area contributed by atoms with Crippen LogP contribution in [0.1, 0.15) is 25.3 Å². The van der Waals surface area contributed by atoms with E-state index < -0.39 is 0 Å². The quantitative estimate of drug-likeness (QED) is 0.577. The molecule has 1 nitrogen and oxygen atoms in total. The normalized spacial score (nSPS) is 10.7. The number of rotatable bonds is 5. The van der Waals surface area contributed by atoms with Crippen LogP contribution in [-0.4, -0.2) is 4.98 Å². The number of thiazole rings is 1. The summed E-state index contributed by atoms with van der Waals surface area (Å²) in [6.45, 7) is 2.23. The van der Waals surface area contributed by atoms with E-state index in [1.807, 2.05) is 6.07 Å². The topological polar surface area (TPSA) is 12.9 Å². The molecule has 1 aromatic heterocycles. The van der Waals surface area contributed by atoms with E-state index in [9.17, 15) is 0 Å². The minimum absolute atomic E-state index is 1.06. The van der Waals surface area contributed by atoms with Gasteiger partial charge in [0.2, 0.25) is 0 Å². The predicted octanol–water partition coefficient (Wildman–Crippen LogP) is 5.82. The van der Waals surface area contributed by atoms with Gasteiger partial charge in [-0.2, -0.15) is 0 Å². The van der Waals surface area contributed by atoms with E-state index in [4.69, 9.17) is 4.98 Å². The first kappa shape index (κ1) is 14.0. The van der Waals surface area contributed by atoms with Crippen LogP contribution in [0.4, 0.5) is 0 Å². The maximum absolute atomic E-state index is 4.76. The van der Waals surface area contributed by atoms with Crippen LogP contribution in [0.5, 0.6) is 0 Å². The minimum atomic E-state index is 1.06. The van der Waals surface area contributed by atoms with Crippen LogP contribution < -0.4 is 0 Å². The van der Waals surface area contributed by atoms with Crippen molar-refractivity contribution in [3.63, 3.8) is 0 Å². The lowest BCUT2D eigenvalue weighted by molar-refractivity contribution is 0.795.